The van der Waals surface area contributed by atoms with Gasteiger partial charge >= 0.3 is 0 Å². The average Bonchev–Trinajstić information content (AvgIpc) is 2.63. The van der Waals surface area contributed by atoms with Crippen molar-refractivity contribution in [3.05, 3.63) is 43.6 Å². The summed E-state index contributed by atoms with van der Waals surface area (Å²) in [5.74, 6) is 0.888. The zero-order chi connectivity index (χ0) is 10.7. The molecule has 0 saturated heterocycles. The first kappa shape index (κ1) is 11.1. The molecule has 0 aliphatic heterocycles. The summed E-state index contributed by atoms with van der Waals surface area (Å²) >= 11 is 8.57. The lowest BCUT2D eigenvalue weighted by atomic mass is 10.4. The molecule has 2 heterocycles. The lowest BCUT2D eigenvalue weighted by Crippen LogP contribution is -1.99. The summed E-state index contributed by atoms with van der Waals surface area (Å²) in [4.78, 5) is 5.52. The molecule has 0 bridgehead atoms. The summed E-state index contributed by atoms with van der Waals surface area (Å²) in [6.45, 7) is 0.798. The number of nitrogens with one attached hydrogen (secondary N) is 1. The fourth-order valence-corrected chi connectivity index (χ4v) is 2.77. The molecule has 0 radical (unpaired) electrons. The first-order valence-electron chi connectivity index (χ1n) is 4.33. The van der Waals surface area contributed by atoms with Crippen LogP contribution in [0.5, 0.6) is 0 Å². The maximum Gasteiger partial charge on any atom is 0.126 e. The van der Waals surface area contributed by atoms with E-state index in [0.717, 1.165) is 21.3 Å². The smallest absolute Gasteiger partial charge is 0.126 e. The number of nitrogens with zero attached hydrogens (tertiary/aromatic N) is 1. The summed E-state index contributed by atoms with van der Waals surface area (Å²) in [6.07, 6.45) is 1.78. The highest BCUT2D eigenvalue weighted by molar-refractivity contribution is 9.10. The first-order valence-corrected chi connectivity index (χ1v) is 6.79. The lowest BCUT2D eigenvalue weighted by Gasteiger charge is -2.03. The van der Waals surface area contributed by atoms with Crippen molar-refractivity contribution in [3.63, 3.8) is 0 Å². The molecule has 5 heteroatoms. The van der Waals surface area contributed by atoms with E-state index in [1.165, 1.54) is 4.88 Å². The van der Waals surface area contributed by atoms with Crippen LogP contribution in [0.3, 0.4) is 0 Å². The second kappa shape index (κ2) is 5.09. The molecule has 0 atom stereocenters. The second-order valence-corrected chi connectivity index (χ2v) is 5.68. The minimum atomic E-state index is 0.798. The molecular formula is C10H8Br2N2S. The Kier molecular flexibility index (Phi) is 3.77. The minimum Gasteiger partial charge on any atom is -0.365 e. The van der Waals surface area contributed by atoms with Crippen LogP contribution < -0.4 is 5.32 Å². The van der Waals surface area contributed by atoms with Crippen molar-refractivity contribution in [1.29, 1.82) is 0 Å². The molecule has 2 nitrogen and oxygen atoms in total. The Balaban J connectivity index is 1.99. The van der Waals surface area contributed by atoms with Gasteiger partial charge in [-0.2, -0.15) is 0 Å². The van der Waals surface area contributed by atoms with Gasteiger partial charge in [0, 0.05) is 20.0 Å². The van der Waals surface area contributed by atoms with E-state index in [0.29, 0.717) is 0 Å². The third-order valence-corrected chi connectivity index (χ3v) is 4.24. The van der Waals surface area contributed by atoms with Crippen LogP contribution in [0, 0.1) is 0 Å². The van der Waals surface area contributed by atoms with Gasteiger partial charge in [0.2, 0.25) is 0 Å². The van der Waals surface area contributed by atoms with Crippen molar-refractivity contribution in [1.82, 2.24) is 4.98 Å². The second-order valence-electron chi connectivity index (χ2n) is 2.91. The van der Waals surface area contributed by atoms with E-state index >= 15 is 0 Å². The molecule has 78 valence electrons. The van der Waals surface area contributed by atoms with Crippen molar-refractivity contribution in [2.75, 3.05) is 5.32 Å². The Morgan fingerprint density at radius 3 is 2.73 bits per heavy atom. The number of hydrogen-bond acceptors (Lipinski definition) is 3. The van der Waals surface area contributed by atoms with Crippen molar-refractivity contribution < 1.29 is 0 Å². The predicted molar refractivity (Wildman–Crippen MR) is 71.3 cm³/mol. The molecule has 15 heavy (non-hydrogen) atoms. The van der Waals surface area contributed by atoms with Gasteiger partial charge in [0.1, 0.15) is 5.82 Å². The first-order chi connectivity index (χ1) is 7.25. The van der Waals surface area contributed by atoms with Gasteiger partial charge in [0.05, 0.1) is 6.54 Å². The minimum absolute atomic E-state index is 0.798. The van der Waals surface area contributed by atoms with E-state index in [4.69, 9.17) is 0 Å². The topological polar surface area (TPSA) is 24.9 Å². The average molecular weight is 348 g/mol. The molecule has 1 N–H and O–H groups in total. The maximum atomic E-state index is 4.24. The SMILES string of the molecule is Brc1ccc(NCc2sccc2Br)nc1. The molecule has 2 aromatic heterocycles. The van der Waals surface area contributed by atoms with E-state index in [-0.39, 0.29) is 0 Å². The standard InChI is InChI=1S/C10H8Br2N2S/c11-7-1-2-10(13-5-7)14-6-9-8(12)3-4-15-9/h1-5H,6H2,(H,13,14). The number of halogens is 2. The van der Waals surface area contributed by atoms with E-state index < -0.39 is 0 Å². The Hall–Kier alpha value is -0.390. The third kappa shape index (κ3) is 3.03. The van der Waals surface area contributed by atoms with Crippen molar-refractivity contribution in [3.8, 4) is 0 Å². The zero-order valence-electron chi connectivity index (χ0n) is 7.71. The molecule has 2 rings (SSSR count). The van der Waals surface area contributed by atoms with Gasteiger partial charge in [-0.15, -0.1) is 11.3 Å². The fraction of sp³-hybridized carbons (Fsp3) is 0.100. The summed E-state index contributed by atoms with van der Waals surface area (Å²) in [7, 11) is 0. The van der Waals surface area contributed by atoms with Crippen LogP contribution in [0.15, 0.2) is 38.7 Å². The predicted octanol–water partition coefficient (Wildman–Crippen LogP) is 4.28. The molecule has 0 aliphatic rings. The summed E-state index contributed by atoms with van der Waals surface area (Å²) in [5.41, 5.74) is 0. The van der Waals surface area contributed by atoms with E-state index in [1.54, 1.807) is 17.5 Å². The van der Waals surface area contributed by atoms with Crippen LogP contribution in [0.25, 0.3) is 0 Å². The van der Waals surface area contributed by atoms with E-state index in [1.807, 2.05) is 12.1 Å². The number of anilines is 1. The van der Waals surface area contributed by atoms with Crippen LogP contribution in [-0.4, -0.2) is 4.98 Å². The highest BCUT2D eigenvalue weighted by atomic mass is 79.9. The quantitative estimate of drug-likeness (QED) is 0.896. The van der Waals surface area contributed by atoms with Gasteiger partial charge in [-0.1, -0.05) is 0 Å². The van der Waals surface area contributed by atoms with Crippen LogP contribution in [0.2, 0.25) is 0 Å². The molecule has 2 aromatic rings. The summed E-state index contributed by atoms with van der Waals surface area (Å²) in [6, 6.07) is 5.97. The van der Waals surface area contributed by atoms with Crippen LogP contribution >= 0.6 is 43.2 Å². The highest BCUT2D eigenvalue weighted by Crippen LogP contribution is 2.23. The van der Waals surface area contributed by atoms with E-state index in [2.05, 4.69) is 53.6 Å². The molecular weight excluding hydrogens is 340 g/mol. The number of pyridine rings is 1. The van der Waals surface area contributed by atoms with Crippen molar-refractivity contribution in [2.24, 2.45) is 0 Å². The van der Waals surface area contributed by atoms with Crippen molar-refractivity contribution in [2.45, 2.75) is 6.54 Å². The Labute approximate surface area is 109 Å². The lowest BCUT2D eigenvalue weighted by molar-refractivity contribution is 1.13. The third-order valence-electron chi connectivity index (χ3n) is 1.85. The molecule has 0 aromatic carbocycles. The Morgan fingerprint density at radius 1 is 1.27 bits per heavy atom. The fourth-order valence-electron chi connectivity index (χ4n) is 1.10. The summed E-state index contributed by atoms with van der Waals surface area (Å²) in [5, 5.41) is 5.33. The number of hydrogen-bond donors (Lipinski definition) is 1. The van der Waals surface area contributed by atoms with Gasteiger partial charge in [-0.3, -0.25) is 0 Å². The number of aromatic nitrogens is 1. The van der Waals surface area contributed by atoms with Gasteiger partial charge in [-0.05, 0) is 55.4 Å². The van der Waals surface area contributed by atoms with Gasteiger partial charge in [-0.25, -0.2) is 4.98 Å². The Morgan fingerprint density at radius 2 is 2.13 bits per heavy atom. The molecule has 0 saturated carbocycles. The molecule has 0 aliphatic carbocycles. The van der Waals surface area contributed by atoms with Crippen molar-refractivity contribution >= 4 is 49.0 Å². The summed E-state index contributed by atoms with van der Waals surface area (Å²) < 4.78 is 2.14. The zero-order valence-corrected chi connectivity index (χ0v) is 11.7. The number of thiophene rings is 1. The largest absolute Gasteiger partial charge is 0.365 e. The monoisotopic (exact) mass is 346 g/mol. The van der Waals surface area contributed by atoms with E-state index in [9.17, 15) is 0 Å². The normalized spacial score (nSPS) is 10.3. The maximum absolute atomic E-state index is 4.24. The van der Waals surface area contributed by atoms with Crippen LogP contribution in [0.1, 0.15) is 4.88 Å². The van der Waals surface area contributed by atoms with Crippen LogP contribution in [0.4, 0.5) is 5.82 Å². The number of rotatable bonds is 3. The molecule has 0 fully saturated rings. The highest BCUT2D eigenvalue weighted by Gasteiger charge is 2.01. The van der Waals surface area contributed by atoms with Gasteiger partial charge < -0.3 is 5.32 Å². The molecule has 0 unspecified atom stereocenters. The van der Waals surface area contributed by atoms with Crippen LogP contribution in [-0.2, 0) is 6.54 Å². The molecule has 0 spiro atoms. The van der Waals surface area contributed by atoms with Gasteiger partial charge in [0.15, 0.2) is 0 Å². The van der Waals surface area contributed by atoms with Gasteiger partial charge in [0.25, 0.3) is 0 Å². The Bertz CT molecular complexity index is 439. The molecule has 0 amide bonds.